The third kappa shape index (κ3) is 7.24. The molecule has 6 heteroatoms. The number of piperidine rings is 1. The lowest BCUT2D eigenvalue weighted by molar-refractivity contribution is 0.127. The third-order valence-electron chi connectivity index (χ3n) is 3.97. The van der Waals surface area contributed by atoms with E-state index in [9.17, 15) is 9.18 Å². The fourth-order valence-corrected chi connectivity index (χ4v) is 2.51. The molecule has 0 saturated carbocycles. The van der Waals surface area contributed by atoms with E-state index in [-0.39, 0.29) is 4.90 Å². The summed E-state index contributed by atoms with van der Waals surface area (Å²) in [5, 5.41) is 2.19. The zero-order valence-corrected chi connectivity index (χ0v) is 16.0. The average Bonchev–Trinajstić information content (AvgIpc) is 3.00. The van der Waals surface area contributed by atoms with E-state index in [1.807, 2.05) is 0 Å². The average molecular weight is 452 g/mol. The summed E-state index contributed by atoms with van der Waals surface area (Å²) in [5.74, 6) is -6.85. The minimum atomic E-state index is -4.01. The van der Waals surface area contributed by atoms with E-state index in [1.165, 1.54) is 0 Å². The Hall–Kier alpha value is -2.60. The van der Waals surface area contributed by atoms with Gasteiger partial charge in [0.05, 0.1) is 20.3 Å². The Morgan fingerprint density at radius 2 is 1.97 bits per heavy atom. The Kier molecular flexibility index (Phi) is 2.59. The Balaban J connectivity index is 2.10. The number of carbonyl (C=O) groups excluding carboxylic acids is 1. The van der Waals surface area contributed by atoms with E-state index in [0.29, 0.717) is 4.90 Å². The van der Waals surface area contributed by atoms with Crippen molar-refractivity contribution in [3.63, 3.8) is 0 Å². The molecule has 0 unspecified atom stereocenters. The van der Waals surface area contributed by atoms with Crippen LogP contribution in [0, 0.1) is 11.7 Å². The van der Waals surface area contributed by atoms with Crippen molar-refractivity contribution in [3.05, 3.63) is 65.3 Å². The van der Waals surface area contributed by atoms with Gasteiger partial charge in [-0.25, -0.2) is 9.18 Å². The lowest BCUT2D eigenvalue weighted by Gasteiger charge is -2.37. The van der Waals surface area contributed by atoms with Crippen molar-refractivity contribution in [1.29, 1.82) is 0 Å². The smallest absolute Gasteiger partial charge is 0.318 e. The van der Waals surface area contributed by atoms with Crippen LogP contribution in [0.3, 0.4) is 0 Å². The van der Waals surface area contributed by atoms with Crippen LogP contribution in [-0.4, -0.2) is 48.4 Å². The van der Waals surface area contributed by atoms with Crippen LogP contribution >= 0.6 is 0 Å². The van der Waals surface area contributed by atoms with Gasteiger partial charge in [-0.2, -0.15) is 0 Å². The van der Waals surface area contributed by atoms with Crippen molar-refractivity contribution < 1.29 is 46.8 Å². The lowest BCUT2D eigenvalue weighted by atomic mass is 10.0. The fourth-order valence-electron chi connectivity index (χ4n) is 2.51. The van der Waals surface area contributed by atoms with Crippen molar-refractivity contribution in [3.8, 4) is 5.75 Å². The van der Waals surface area contributed by atoms with Crippen LogP contribution in [0.15, 0.2) is 48.3 Å². The van der Waals surface area contributed by atoms with Gasteiger partial charge in [-0.1, -0.05) is 37.9 Å². The van der Waals surface area contributed by atoms with E-state index in [2.05, 4.69) is 5.32 Å². The van der Waals surface area contributed by atoms with Crippen LogP contribution in [-0.2, 0) is 13.1 Å². The first-order chi connectivity index (χ1) is 24.5. The molecule has 1 N–H and O–H groups in total. The highest BCUT2D eigenvalue weighted by atomic mass is 19.1. The molecule has 0 atom stereocenters. The number of nitrogens with one attached hydrogen (secondary N) is 1. The summed E-state index contributed by atoms with van der Waals surface area (Å²) in [6.07, 6.45) is -1.83. The predicted molar refractivity (Wildman–Crippen MR) is 121 cm³/mol. The highest BCUT2D eigenvalue weighted by Crippen LogP contribution is 2.19. The minimum Gasteiger partial charge on any atom is -0.493 e. The second-order valence-electron chi connectivity index (χ2n) is 6.18. The number of hydrogen-bond acceptors (Lipinski definition) is 3. The first kappa shape index (κ1) is 7.20. The third-order valence-corrected chi connectivity index (χ3v) is 3.97. The largest absolute Gasteiger partial charge is 0.493 e. The number of rotatable bonds is 8. The van der Waals surface area contributed by atoms with Crippen molar-refractivity contribution in [2.24, 2.45) is 5.89 Å². The summed E-state index contributed by atoms with van der Waals surface area (Å²) in [7, 11) is 0. The van der Waals surface area contributed by atoms with Crippen molar-refractivity contribution in [2.45, 2.75) is 45.7 Å². The standard InChI is InChI=1S/C25H34FN3O2/c1-19(2)18-31-24-10-6-20(7-11-24)16-27-25(30)29(23-12-14-28(3)15-13-23)17-21-4-8-22(26)9-5-21/h4-11,19,23H,12-18H2,1-3H3,(H,27,30)/i1D3,2D3,3D3,4D,5D,6D,7D,8D,9D,10D,11D,14D2,15D2,18D2,19D. The number of carbonyl (C=O) groups is 1. The van der Waals surface area contributed by atoms with Gasteiger partial charge in [0, 0.05) is 38.3 Å². The summed E-state index contributed by atoms with van der Waals surface area (Å²) < 4.78 is 211. The Labute approximate surface area is 218 Å². The number of ether oxygens (including phenoxy) is 1. The Morgan fingerprint density at radius 1 is 1.29 bits per heavy atom. The molecule has 1 heterocycles. The Bertz CT molecular complexity index is 1740. The second-order valence-corrected chi connectivity index (χ2v) is 6.18. The van der Waals surface area contributed by atoms with Gasteiger partial charge < -0.3 is 19.9 Å². The number of urea groups is 1. The van der Waals surface area contributed by atoms with Crippen LogP contribution in [0.1, 0.15) is 70.6 Å². The van der Waals surface area contributed by atoms with E-state index < -0.39 is 155 Å². The van der Waals surface area contributed by atoms with Gasteiger partial charge in [-0.05, 0) is 74.0 Å². The molecule has 0 spiro atoms. The molecular formula is C25H34FN3O2. The number of nitrogens with zero attached hydrogens (tertiary/aromatic N) is 2. The molecule has 2 aromatic rings. The van der Waals surface area contributed by atoms with Crippen molar-refractivity contribution >= 4 is 6.03 Å². The number of benzene rings is 2. The molecule has 2 amide bonds. The summed E-state index contributed by atoms with van der Waals surface area (Å²) in [6, 6.07) is -11.7. The molecule has 0 bridgehead atoms. The maximum absolute atomic E-state index is 14.4. The number of hydrogen-bond donors (Lipinski definition) is 1. The molecule has 31 heavy (non-hydrogen) atoms. The zero-order valence-electron chi connectivity index (χ0n) is 40.0. The molecule has 0 aliphatic carbocycles. The molecule has 3 rings (SSSR count). The van der Waals surface area contributed by atoms with Crippen LogP contribution in [0.2, 0.25) is 0 Å². The van der Waals surface area contributed by atoms with Gasteiger partial charge in [0.25, 0.3) is 0 Å². The predicted octanol–water partition coefficient (Wildman–Crippen LogP) is 4.67. The molecule has 168 valence electrons. The first-order valence-electron chi connectivity index (χ1n) is 20.9. The van der Waals surface area contributed by atoms with Gasteiger partial charge >= 0.3 is 6.03 Å². The molecule has 0 radical (unpaired) electrons. The normalized spacial score (nSPS) is 31.6. The van der Waals surface area contributed by atoms with E-state index >= 15 is 0 Å². The summed E-state index contributed by atoms with van der Waals surface area (Å²) in [4.78, 5) is 14.4. The van der Waals surface area contributed by atoms with Gasteiger partial charge in [0.15, 0.2) is 0 Å². The highest BCUT2D eigenvalue weighted by molar-refractivity contribution is 5.74. The SMILES string of the molecule is [2H]c1c([2H])c(CN(C(=O)NCc2c([2H])c([2H])c(OC([2H])([2H])C([2H])(C([2H])([2H])[2H])C([2H])([2H])[2H])c([2H])c2[2H])C2CC([2H])([2H])N(C([2H])([2H])[2H])C([2H])([2H])C2)c([2H])c([2H])c1F. The topological polar surface area (TPSA) is 44.8 Å². The van der Waals surface area contributed by atoms with Crippen LogP contribution in [0.4, 0.5) is 9.18 Å². The number of amides is 2. The molecule has 1 fully saturated rings. The zero-order chi connectivity index (χ0) is 43.0. The molecule has 5 nitrogen and oxygen atoms in total. The molecule has 1 aliphatic rings. The highest BCUT2D eigenvalue weighted by Gasteiger charge is 2.27. The second kappa shape index (κ2) is 11.1. The first-order valence-corrected chi connectivity index (χ1v) is 8.85. The summed E-state index contributed by atoms with van der Waals surface area (Å²) >= 11 is 0. The number of halogens is 1. The fraction of sp³-hybridized carbons (Fsp3) is 0.480. The monoisotopic (exact) mass is 451 g/mol. The van der Waals surface area contributed by atoms with Crippen LogP contribution < -0.4 is 10.1 Å². The van der Waals surface area contributed by atoms with Gasteiger partial charge in [0.1, 0.15) is 11.6 Å². The van der Waals surface area contributed by atoms with Crippen LogP contribution in [0.5, 0.6) is 5.75 Å². The summed E-state index contributed by atoms with van der Waals surface area (Å²) in [6.45, 7) is -23.0. The molecule has 0 aromatic heterocycles. The molecule has 1 aliphatic heterocycles. The molecular weight excluding hydrogens is 393 g/mol. The van der Waals surface area contributed by atoms with Crippen LogP contribution in [0.25, 0.3) is 0 Å². The van der Waals surface area contributed by atoms with Gasteiger partial charge in [-0.3, -0.25) is 0 Å². The quantitative estimate of drug-likeness (QED) is 0.634. The lowest BCUT2D eigenvalue weighted by Crippen LogP contribution is -2.49. The maximum Gasteiger partial charge on any atom is 0.318 e. The van der Waals surface area contributed by atoms with E-state index in [4.69, 9.17) is 37.6 Å². The minimum absolute atomic E-state index is 0.0234. The molecule has 1 saturated heterocycles. The summed E-state index contributed by atoms with van der Waals surface area (Å²) in [5.41, 5.74) is -1.28. The van der Waals surface area contributed by atoms with E-state index in [0.717, 1.165) is 0 Å². The molecule has 2 aromatic carbocycles. The van der Waals surface area contributed by atoms with Gasteiger partial charge in [0.2, 0.25) is 0 Å². The van der Waals surface area contributed by atoms with Crippen molar-refractivity contribution in [1.82, 2.24) is 15.1 Å². The van der Waals surface area contributed by atoms with Gasteiger partial charge in [-0.15, -0.1) is 0 Å². The van der Waals surface area contributed by atoms with E-state index in [1.54, 1.807) is 0 Å². The number of likely N-dealkylation sites (tertiary alicyclic amines) is 1. The Morgan fingerprint density at radius 3 is 2.61 bits per heavy atom. The van der Waals surface area contributed by atoms with Crippen molar-refractivity contribution in [2.75, 3.05) is 26.5 Å². The maximum atomic E-state index is 14.4.